The Morgan fingerprint density at radius 1 is 1.11 bits per heavy atom. The molecule has 1 heterocycles. The maximum Gasteiger partial charge on any atom is 0.0945 e. The van der Waals surface area contributed by atoms with E-state index in [2.05, 4.69) is 78.0 Å². The van der Waals surface area contributed by atoms with Gasteiger partial charge in [0.1, 0.15) is 0 Å². The number of ether oxygens (including phenoxy) is 1. The molecule has 27 heavy (non-hydrogen) atoms. The van der Waals surface area contributed by atoms with Gasteiger partial charge in [0, 0.05) is 18.9 Å². The highest BCUT2D eigenvalue weighted by atomic mass is 16.5. The number of hydrogen-bond donors (Lipinski definition) is 0. The maximum atomic E-state index is 6.28. The van der Waals surface area contributed by atoms with Gasteiger partial charge < -0.3 is 9.30 Å². The topological polar surface area (TPSA) is 27.1 Å². The monoisotopic (exact) mass is 360 g/mol. The molecule has 0 aliphatic rings. The van der Waals surface area contributed by atoms with Gasteiger partial charge in [-0.3, -0.25) is 0 Å². The van der Waals surface area contributed by atoms with Crippen molar-refractivity contribution >= 4 is 6.08 Å². The van der Waals surface area contributed by atoms with Crippen LogP contribution in [-0.2, 0) is 11.3 Å². The number of nitrogens with zero attached hydrogens (tertiary/aromatic N) is 2. The second-order valence-corrected chi connectivity index (χ2v) is 6.94. The molecule has 0 saturated carbocycles. The van der Waals surface area contributed by atoms with Crippen LogP contribution < -0.4 is 0 Å². The van der Waals surface area contributed by atoms with E-state index in [4.69, 9.17) is 4.74 Å². The second kappa shape index (κ2) is 9.89. The first-order valence-corrected chi connectivity index (χ1v) is 9.58. The van der Waals surface area contributed by atoms with E-state index in [1.165, 1.54) is 22.3 Å². The van der Waals surface area contributed by atoms with Crippen molar-refractivity contribution in [3.8, 4) is 0 Å². The lowest BCUT2D eigenvalue weighted by atomic mass is 9.98. The molecule has 1 aromatic heterocycles. The van der Waals surface area contributed by atoms with Crippen LogP contribution in [0.3, 0.4) is 0 Å². The van der Waals surface area contributed by atoms with Gasteiger partial charge in [-0.05, 0) is 43.4 Å². The lowest BCUT2D eigenvalue weighted by molar-refractivity contribution is 0.0647. The minimum Gasteiger partial charge on any atom is -0.369 e. The van der Waals surface area contributed by atoms with E-state index in [0.717, 1.165) is 19.4 Å². The molecule has 1 unspecified atom stereocenters. The van der Waals surface area contributed by atoms with Gasteiger partial charge in [-0.1, -0.05) is 66.2 Å². The molecule has 3 rings (SSSR count). The summed E-state index contributed by atoms with van der Waals surface area (Å²) in [5.41, 5.74) is 5.08. The van der Waals surface area contributed by atoms with Gasteiger partial charge in [-0.15, -0.1) is 0 Å². The van der Waals surface area contributed by atoms with Crippen LogP contribution >= 0.6 is 0 Å². The van der Waals surface area contributed by atoms with E-state index >= 15 is 0 Å². The number of aryl methyl sites for hydroxylation is 3. The Balaban J connectivity index is 1.62. The molecule has 3 aromatic rings. The van der Waals surface area contributed by atoms with Crippen LogP contribution in [0.4, 0.5) is 0 Å². The van der Waals surface area contributed by atoms with Crippen LogP contribution in [0.5, 0.6) is 0 Å². The summed E-state index contributed by atoms with van der Waals surface area (Å²) in [5.74, 6) is 0. The van der Waals surface area contributed by atoms with Crippen LogP contribution in [0.2, 0.25) is 0 Å². The molecule has 0 amide bonds. The fourth-order valence-electron chi connectivity index (χ4n) is 3.31. The Morgan fingerprint density at radius 2 is 1.96 bits per heavy atom. The van der Waals surface area contributed by atoms with E-state index in [0.29, 0.717) is 6.61 Å². The predicted molar refractivity (Wildman–Crippen MR) is 112 cm³/mol. The zero-order chi connectivity index (χ0) is 18.9. The van der Waals surface area contributed by atoms with E-state index < -0.39 is 0 Å². The minimum absolute atomic E-state index is 0.106. The minimum atomic E-state index is 0.106. The predicted octanol–water partition coefficient (Wildman–Crippen LogP) is 5.75. The first-order valence-electron chi connectivity index (χ1n) is 9.58. The van der Waals surface area contributed by atoms with Crippen LogP contribution in [0, 0.1) is 13.8 Å². The summed E-state index contributed by atoms with van der Waals surface area (Å²) in [6, 6.07) is 17.0. The van der Waals surface area contributed by atoms with Crippen molar-refractivity contribution in [3.05, 3.63) is 95.6 Å². The summed E-state index contributed by atoms with van der Waals surface area (Å²) < 4.78 is 8.40. The van der Waals surface area contributed by atoms with Crippen molar-refractivity contribution in [3.63, 3.8) is 0 Å². The first kappa shape index (κ1) is 19.1. The van der Waals surface area contributed by atoms with E-state index in [1.54, 1.807) is 0 Å². The van der Waals surface area contributed by atoms with Crippen LogP contribution in [0.25, 0.3) is 6.08 Å². The zero-order valence-electron chi connectivity index (χ0n) is 16.2. The number of hydrogen-bond acceptors (Lipinski definition) is 2. The molecule has 0 radical (unpaired) electrons. The maximum absolute atomic E-state index is 6.28. The Bertz CT molecular complexity index is 838. The summed E-state index contributed by atoms with van der Waals surface area (Å²) in [4.78, 5) is 4.11. The molecule has 2 aromatic carbocycles. The van der Waals surface area contributed by atoms with Crippen molar-refractivity contribution in [2.24, 2.45) is 0 Å². The summed E-state index contributed by atoms with van der Waals surface area (Å²) in [6.07, 6.45) is 12.1. The van der Waals surface area contributed by atoms with Crippen molar-refractivity contribution in [2.45, 2.75) is 39.3 Å². The van der Waals surface area contributed by atoms with Gasteiger partial charge in [-0.2, -0.15) is 0 Å². The Morgan fingerprint density at radius 3 is 2.70 bits per heavy atom. The summed E-state index contributed by atoms with van der Waals surface area (Å²) in [6.45, 7) is 5.88. The lowest BCUT2D eigenvalue weighted by Crippen LogP contribution is -2.08. The lowest BCUT2D eigenvalue weighted by Gasteiger charge is -2.20. The Hall–Kier alpha value is -2.65. The highest BCUT2D eigenvalue weighted by Crippen LogP contribution is 2.27. The van der Waals surface area contributed by atoms with Gasteiger partial charge in [0.05, 0.1) is 19.0 Å². The highest BCUT2D eigenvalue weighted by Gasteiger charge is 2.14. The van der Waals surface area contributed by atoms with Gasteiger partial charge in [0.25, 0.3) is 0 Å². The summed E-state index contributed by atoms with van der Waals surface area (Å²) >= 11 is 0. The standard InChI is InChI=1S/C24H28N2O/c1-20-12-13-23(21(2)18-20)24(11-6-15-26-16-14-25-19-26)27-17-7-10-22-8-4-3-5-9-22/h3-5,7-10,12-14,16,18-19,24H,6,11,15,17H2,1-2H3. The second-order valence-electron chi connectivity index (χ2n) is 6.94. The van der Waals surface area contributed by atoms with Crippen molar-refractivity contribution in [1.29, 1.82) is 0 Å². The third-order valence-electron chi connectivity index (χ3n) is 4.72. The molecule has 3 nitrogen and oxygen atoms in total. The normalized spacial score (nSPS) is 12.5. The smallest absolute Gasteiger partial charge is 0.0945 e. The van der Waals surface area contributed by atoms with Crippen molar-refractivity contribution < 1.29 is 4.74 Å². The van der Waals surface area contributed by atoms with Crippen LogP contribution in [0.1, 0.15) is 41.2 Å². The van der Waals surface area contributed by atoms with Gasteiger partial charge in [-0.25, -0.2) is 4.98 Å². The van der Waals surface area contributed by atoms with Gasteiger partial charge in [0.15, 0.2) is 0 Å². The average molecular weight is 361 g/mol. The summed E-state index contributed by atoms with van der Waals surface area (Å²) in [5, 5.41) is 0. The first-order chi connectivity index (χ1) is 13.2. The molecule has 0 N–H and O–H groups in total. The number of aromatic nitrogens is 2. The van der Waals surface area contributed by atoms with Gasteiger partial charge in [0.2, 0.25) is 0 Å². The van der Waals surface area contributed by atoms with Crippen molar-refractivity contribution in [2.75, 3.05) is 6.61 Å². The molecule has 3 heteroatoms. The molecule has 0 aliphatic carbocycles. The van der Waals surface area contributed by atoms with E-state index in [1.807, 2.05) is 24.8 Å². The average Bonchev–Trinajstić information content (AvgIpc) is 3.18. The van der Waals surface area contributed by atoms with Gasteiger partial charge >= 0.3 is 0 Å². The molecule has 0 aliphatic heterocycles. The van der Waals surface area contributed by atoms with Crippen molar-refractivity contribution in [1.82, 2.24) is 9.55 Å². The largest absolute Gasteiger partial charge is 0.369 e. The summed E-state index contributed by atoms with van der Waals surface area (Å²) in [7, 11) is 0. The fourth-order valence-corrected chi connectivity index (χ4v) is 3.31. The molecule has 0 bridgehead atoms. The molecule has 0 saturated heterocycles. The third-order valence-corrected chi connectivity index (χ3v) is 4.72. The fraction of sp³-hybridized carbons (Fsp3) is 0.292. The van der Waals surface area contributed by atoms with Crippen LogP contribution in [0.15, 0.2) is 73.3 Å². The SMILES string of the molecule is Cc1ccc(C(CCCn2ccnc2)OCC=Cc2ccccc2)c(C)c1. The number of benzene rings is 2. The zero-order valence-corrected chi connectivity index (χ0v) is 16.2. The molecule has 1 atom stereocenters. The molecule has 0 fully saturated rings. The van der Waals surface area contributed by atoms with E-state index in [9.17, 15) is 0 Å². The Kier molecular flexibility index (Phi) is 7.00. The number of imidazole rings is 1. The molecule has 0 spiro atoms. The quantitative estimate of drug-likeness (QED) is 0.486. The third kappa shape index (κ3) is 5.93. The van der Waals surface area contributed by atoms with E-state index in [-0.39, 0.29) is 6.10 Å². The molecular formula is C24H28N2O. The van der Waals surface area contributed by atoms with Crippen LogP contribution in [-0.4, -0.2) is 16.2 Å². The molecule has 140 valence electrons. The highest BCUT2D eigenvalue weighted by molar-refractivity contribution is 5.48. The Labute approximate surface area is 162 Å². The molecular weight excluding hydrogens is 332 g/mol. The number of rotatable bonds is 9.